The van der Waals surface area contributed by atoms with Crippen LogP contribution in [0.1, 0.15) is 0 Å². The molecule has 0 atom stereocenters. The summed E-state index contributed by atoms with van der Waals surface area (Å²) in [4.78, 5) is 7.54. The van der Waals surface area contributed by atoms with Crippen molar-refractivity contribution in [3.05, 3.63) is 91.1 Å². The third kappa shape index (κ3) is 12.1. The van der Waals surface area contributed by atoms with E-state index in [2.05, 4.69) is 20.2 Å². The minimum atomic E-state index is -4.72. The van der Waals surface area contributed by atoms with Gasteiger partial charge in [0.1, 0.15) is 47.4 Å². The molecule has 2 heterocycles. The van der Waals surface area contributed by atoms with Crippen LogP contribution in [0.3, 0.4) is 0 Å². The molecular formula is C26H15N4Na5O9S3+2. The summed E-state index contributed by atoms with van der Waals surface area (Å²) in [6.45, 7) is 0. The van der Waals surface area contributed by atoms with Crippen LogP contribution in [0.25, 0.3) is 45.2 Å². The number of pyridine rings is 1. The fraction of sp³-hybridized carbons (Fsp3) is 0. The van der Waals surface area contributed by atoms with Crippen LogP contribution < -0.4 is 148 Å². The second-order valence-corrected chi connectivity index (χ2v) is 12.8. The van der Waals surface area contributed by atoms with Gasteiger partial charge < -0.3 is 13.7 Å². The first-order valence-electron chi connectivity index (χ1n) is 11.6. The monoisotopic (exact) mass is 738 g/mol. The second kappa shape index (κ2) is 19.4. The fourth-order valence-electron chi connectivity index (χ4n) is 3.94. The van der Waals surface area contributed by atoms with Crippen LogP contribution in [0.15, 0.2) is 106 Å². The van der Waals surface area contributed by atoms with Gasteiger partial charge in [-0.05, 0) is 59.7 Å². The van der Waals surface area contributed by atoms with Gasteiger partial charge in [-0.15, -0.1) is 10.2 Å². The first-order chi connectivity index (χ1) is 19.7. The van der Waals surface area contributed by atoms with E-state index in [1.54, 1.807) is 12.1 Å². The van der Waals surface area contributed by atoms with Crippen molar-refractivity contribution in [2.75, 3.05) is 0 Å². The average molecular weight is 739 g/mol. The van der Waals surface area contributed by atoms with E-state index < -0.39 is 40.1 Å². The van der Waals surface area contributed by atoms with Gasteiger partial charge in [0.2, 0.25) is 5.82 Å². The SMILES string of the molecule is O=S(=O)([O-])c1ccc(-c2ccnc(-c3nnc(-c4ccc(S(=O)(=O)[O-])cc4)c(-c4ccc(S(=O)(=O)[O-])cc4)n3)c2)cc1.[Na+].[Na+].[Na+].[Na+].[Na+]. The van der Waals surface area contributed by atoms with Crippen molar-refractivity contribution in [2.45, 2.75) is 14.7 Å². The quantitative estimate of drug-likeness (QED) is 0.112. The summed E-state index contributed by atoms with van der Waals surface area (Å²) in [6.07, 6.45) is 1.45. The first-order valence-corrected chi connectivity index (χ1v) is 15.8. The van der Waals surface area contributed by atoms with Gasteiger partial charge in [-0.25, -0.2) is 30.2 Å². The van der Waals surface area contributed by atoms with Gasteiger partial charge in [0, 0.05) is 17.3 Å². The molecule has 5 aromatic rings. The van der Waals surface area contributed by atoms with E-state index in [0.29, 0.717) is 22.3 Å². The first kappa shape index (κ1) is 47.6. The topological polar surface area (TPSA) is 223 Å². The number of hydrogen-bond donors (Lipinski definition) is 0. The van der Waals surface area contributed by atoms with Gasteiger partial charge in [0.25, 0.3) is 0 Å². The fourth-order valence-corrected chi connectivity index (χ4v) is 5.34. The summed E-state index contributed by atoms with van der Waals surface area (Å²) in [7, 11) is -14.0. The number of hydrogen-bond acceptors (Lipinski definition) is 13. The Morgan fingerprint density at radius 1 is 0.447 bits per heavy atom. The van der Waals surface area contributed by atoms with Crippen molar-refractivity contribution >= 4 is 30.4 Å². The maximum atomic E-state index is 11.4. The summed E-state index contributed by atoms with van der Waals surface area (Å²) in [5, 5.41) is 8.39. The van der Waals surface area contributed by atoms with E-state index in [0.717, 1.165) is 24.3 Å². The van der Waals surface area contributed by atoms with Crippen LogP contribution in [0, 0.1) is 0 Å². The molecule has 13 nitrogen and oxygen atoms in total. The van der Waals surface area contributed by atoms with Crippen LogP contribution in [0.2, 0.25) is 0 Å². The number of rotatable bonds is 7. The van der Waals surface area contributed by atoms with Crippen molar-refractivity contribution in [1.29, 1.82) is 0 Å². The van der Waals surface area contributed by atoms with Gasteiger partial charge in [0.05, 0.1) is 14.7 Å². The zero-order valence-electron chi connectivity index (χ0n) is 25.8. The average Bonchev–Trinajstić information content (AvgIpc) is 2.96. The molecular weight excluding hydrogens is 723 g/mol. The minimum Gasteiger partial charge on any atom is -0.744 e. The van der Waals surface area contributed by atoms with E-state index >= 15 is 0 Å². The summed E-state index contributed by atoms with van der Waals surface area (Å²) in [6, 6.07) is 18.2. The van der Waals surface area contributed by atoms with E-state index in [1.165, 1.54) is 54.7 Å². The Labute approximate surface area is 381 Å². The van der Waals surface area contributed by atoms with E-state index in [9.17, 15) is 38.9 Å². The van der Waals surface area contributed by atoms with Crippen LogP contribution in [-0.4, -0.2) is 59.1 Å². The van der Waals surface area contributed by atoms with Crippen molar-refractivity contribution in [2.24, 2.45) is 0 Å². The number of aromatic nitrogens is 4. The molecule has 5 rings (SSSR count). The smallest absolute Gasteiger partial charge is 0.744 e. The zero-order chi connectivity index (χ0) is 30.3. The summed E-state index contributed by atoms with van der Waals surface area (Å²) < 4.78 is 102. The maximum absolute atomic E-state index is 11.4. The molecule has 21 heteroatoms. The molecule has 0 unspecified atom stereocenters. The Bertz CT molecular complexity index is 2160. The molecule has 0 aliphatic rings. The molecule has 0 amide bonds. The van der Waals surface area contributed by atoms with Gasteiger partial charge in [-0.3, -0.25) is 4.98 Å². The Morgan fingerprint density at radius 3 is 1.23 bits per heavy atom. The normalized spacial score (nSPS) is 11.0. The zero-order valence-corrected chi connectivity index (χ0v) is 38.3. The maximum Gasteiger partial charge on any atom is 1.00 e. The third-order valence-electron chi connectivity index (χ3n) is 5.98. The van der Waals surface area contributed by atoms with Crippen molar-refractivity contribution in [3.63, 3.8) is 0 Å². The Balaban J connectivity index is 0.00000423. The molecule has 3 aromatic carbocycles. The molecule has 0 fully saturated rings. The molecule has 0 saturated carbocycles. The second-order valence-electron chi connectivity index (χ2n) is 8.70. The van der Waals surface area contributed by atoms with Crippen molar-refractivity contribution in [3.8, 4) is 45.2 Å². The minimum absolute atomic E-state index is 0. The standard InChI is InChI=1S/C26H18N4O9S3.5Na/c31-40(32,33)20-7-1-16(2-8-20)19-13-14-27-23(15-19)26-28-24(17-3-9-21(10-4-17)41(34,35)36)25(29-30-26)18-5-11-22(12-6-18)42(37,38)39;;;;;/h1-15H,(H,31,32,33)(H,34,35,36)(H,37,38,39);;;;;/q;5*+1/p-3. The molecule has 214 valence electrons. The van der Waals surface area contributed by atoms with Gasteiger partial charge in [0.15, 0.2) is 0 Å². The van der Waals surface area contributed by atoms with E-state index in [1.807, 2.05) is 0 Å². The molecule has 0 radical (unpaired) electrons. The predicted molar refractivity (Wildman–Crippen MR) is 143 cm³/mol. The molecule has 0 saturated heterocycles. The Kier molecular flexibility index (Phi) is 19.6. The Morgan fingerprint density at radius 2 is 0.830 bits per heavy atom. The molecule has 0 bridgehead atoms. The molecule has 0 N–H and O–H groups in total. The molecule has 47 heavy (non-hydrogen) atoms. The van der Waals surface area contributed by atoms with Crippen LogP contribution in [0.5, 0.6) is 0 Å². The molecule has 0 aliphatic heterocycles. The molecule has 0 aliphatic carbocycles. The van der Waals surface area contributed by atoms with Crippen molar-refractivity contribution < 1.29 is 187 Å². The summed E-state index contributed by atoms with van der Waals surface area (Å²) in [5.74, 6) is 0.0358. The van der Waals surface area contributed by atoms with Gasteiger partial charge >= 0.3 is 148 Å². The number of nitrogens with zero attached hydrogens (tertiary/aromatic N) is 4. The largest absolute Gasteiger partial charge is 1.00 e. The Hall–Kier alpha value is 0.550. The van der Waals surface area contributed by atoms with Crippen LogP contribution in [0.4, 0.5) is 0 Å². The van der Waals surface area contributed by atoms with Crippen LogP contribution in [-0.2, 0) is 30.4 Å². The molecule has 2 aromatic heterocycles. The number of benzene rings is 3. The van der Waals surface area contributed by atoms with Crippen LogP contribution >= 0.6 is 0 Å². The van der Waals surface area contributed by atoms with E-state index in [4.69, 9.17) is 0 Å². The summed E-state index contributed by atoms with van der Waals surface area (Å²) in [5.41, 5.74) is 2.39. The third-order valence-corrected chi connectivity index (χ3v) is 8.53. The predicted octanol–water partition coefficient (Wildman–Crippen LogP) is -12.3. The van der Waals surface area contributed by atoms with E-state index in [-0.39, 0.29) is 176 Å². The van der Waals surface area contributed by atoms with Gasteiger partial charge in [-0.2, -0.15) is 0 Å². The molecule has 0 spiro atoms. The van der Waals surface area contributed by atoms with Gasteiger partial charge in [-0.1, -0.05) is 36.4 Å². The summed E-state index contributed by atoms with van der Waals surface area (Å²) >= 11 is 0. The van der Waals surface area contributed by atoms with Crippen molar-refractivity contribution in [1.82, 2.24) is 20.2 Å².